The van der Waals surface area contributed by atoms with Gasteiger partial charge in [-0.2, -0.15) is 8.42 Å². The molecule has 0 aromatic rings. The van der Waals surface area contributed by atoms with E-state index in [2.05, 4.69) is 2.84 Å². The second kappa shape index (κ2) is 17.3. The molecule has 0 heterocycles. The van der Waals surface area contributed by atoms with E-state index in [1.54, 1.807) is 0 Å². The van der Waals surface area contributed by atoms with Gasteiger partial charge in [0.15, 0.2) is 0 Å². The molecule has 0 aromatic carbocycles. The second-order valence-electron chi connectivity index (χ2n) is 1.82. The number of carboxylic acids is 1. The van der Waals surface area contributed by atoms with Crippen molar-refractivity contribution in [1.82, 2.24) is 0 Å². The predicted octanol–water partition coefficient (Wildman–Crippen LogP) is -13.8. The first-order chi connectivity index (χ1) is 7.44. The molecular weight excluding hydrogens is 437 g/mol. The van der Waals surface area contributed by atoms with Gasteiger partial charge in [0.1, 0.15) is 0 Å². The summed E-state index contributed by atoms with van der Waals surface area (Å²) in [6, 6.07) is 0. The number of hydrogen-bond donors (Lipinski definition) is 2. The van der Waals surface area contributed by atoms with Gasteiger partial charge in [-0.1, -0.05) is 0 Å². The van der Waals surface area contributed by atoms with E-state index in [1.807, 2.05) is 0 Å². The number of carbonyl (C=O) groups excluding carboxylic acids is 1. The summed E-state index contributed by atoms with van der Waals surface area (Å²) in [5.41, 5.74) is 0. The maximum atomic E-state index is 9.38. The van der Waals surface area contributed by atoms with Crippen LogP contribution in [0.25, 0.3) is 0 Å². The summed E-state index contributed by atoms with van der Waals surface area (Å²) in [7, 11) is -4.67. The van der Waals surface area contributed by atoms with Gasteiger partial charge in [0.2, 0.25) is 0 Å². The number of carboxylic acid groups (broad SMARTS) is 1. The molecule has 0 saturated carbocycles. The third-order valence-corrected chi connectivity index (χ3v) is 2.83. The predicted molar refractivity (Wildman–Crippen MR) is 28.7 cm³/mol. The molecule has 112 valence electrons. The molecule has 0 amide bonds. The van der Waals surface area contributed by atoms with E-state index >= 15 is 0 Å². The molecule has 0 atom stereocenters. The van der Waals surface area contributed by atoms with Crippen molar-refractivity contribution in [2.24, 2.45) is 0 Å². The van der Waals surface area contributed by atoms with Gasteiger partial charge in [0.25, 0.3) is 0 Å². The number of aliphatic carboxylic acids is 1. The van der Waals surface area contributed by atoms with E-state index in [4.69, 9.17) is 27.4 Å². The van der Waals surface area contributed by atoms with E-state index in [9.17, 15) is 23.5 Å². The Morgan fingerprint density at radius 3 is 1.05 bits per heavy atom. The number of hydrogen-bond acceptors (Lipinski definition) is 11. The van der Waals surface area contributed by atoms with Crippen LogP contribution in [-0.2, 0) is 60.5 Å². The standard InChI is InChI=1S/C2H4O2.2Cr.3Na.H2O4S.7O/c1-2(3)4;;;;;;1-5(2,3)4;;;;;;;/h1H3,(H,3,4);;;;;;(H2,1,2,3,4);;;;;;;/q;;;3*+1;;;;;;;2*-1/p-1. The van der Waals surface area contributed by atoms with Crippen molar-refractivity contribution >= 4 is 16.4 Å². The van der Waals surface area contributed by atoms with Crippen molar-refractivity contribution in [3.63, 3.8) is 0 Å². The van der Waals surface area contributed by atoms with Gasteiger partial charge in [-0.3, -0.25) is 9.11 Å². The monoisotopic (exact) mass is 442 g/mol. The quantitative estimate of drug-likeness (QED) is 0.299. The molecule has 0 aromatic heterocycles. The van der Waals surface area contributed by atoms with Crippen LogP contribution in [0.15, 0.2) is 0 Å². The maximum absolute atomic E-state index is 9.38. The van der Waals surface area contributed by atoms with Crippen LogP contribution in [0.1, 0.15) is 6.92 Å². The Bertz CT molecular complexity index is 504. The zero-order valence-electron chi connectivity index (χ0n) is 11.1. The molecule has 0 saturated heterocycles. The molecular formula is C2H5Cr2Na3O13S. The fraction of sp³-hybridized carbons (Fsp3) is 0.500. The van der Waals surface area contributed by atoms with E-state index in [0.717, 1.165) is 6.92 Å². The van der Waals surface area contributed by atoms with E-state index in [1.165, 1.54) is 0 Å². The molecule has 0 aliphatic heterocycles. The molecule has 0 bridgehead atoms. The summed E-state index contributed by atoms with van der Waals surface area (Å²) in [6.07, 6.45) is 0. The minimum atomic E-state index is -6.07. The number of rotatable bonds is 2. The zero-order valence-corrected chi connectivity index (χ0v) is 20.5. The second-order valence-corrected chi connectivity index (χ2v) is 6.36. The zero-order chi connectivity index (χ0) is 15.8. The van der Waals surface area contributed by atoms with Crippen molar-refractivity contribution in [3.8, 4) is 0 Å². The molecule has 0 fully saturated rings. The summed E-state index contributed by atoms with van der Waals surface area (Å²) in [5, 5.41) is 8.89. The molecule has 0 aliphatic carbocycles. The Hall–Kier alpha value is 2.48. The fourth-order valence-electron chi connectivity index (χ4n) is 0.102. The number of carbonyl (C=O) groups is 1. The van der Waals surface area contributed by atoms with Gasteiger partial charge in [-0.05, 0) is 6.92 Å². The molecule has 0 unspecified atom stereocenters. The first-order valence-electron chi connectivity index (χ1n) is 2.94. The van der Waals surface area contributed by atoms with Gasteiger partial charge < -0.3 is 9.90 Å². The first kappa shape index (κ1) is 38.8. The third-order valence-electron chi connectivity index (χ3n) is 0.167. The van der Waals surface area contributed by atoms with Crippen LogP contribution in [0.3, 0.4) is 0 Å². The Labute approximate surface area is 190 Å². The van der Waals surface area contributed by atoms with E-state index < -0.39 is 43.6 Å². The molecule has 0 spiro atoms. The van der Waals surface area contributed by atoms with E-state index in [0.29, 0.717) is 0 Å². The fourth-order valence-corrected chi connectivity index (χ4v) is 1.74. The van der Waals surface area contributed by atoms with Crippen LogP contribution in [0.2, 0.25) is 0 Å². The normalized spacial score (nSPS) is 9.76. The average Bonchev–Trinajstić information content (AvgIpc) is 1.67. The average molecular weight is 442 g/mol. The Morgan fingerprint density at radius 1 is 0.952 bits per heavy atom. The van der Waals surface area contributed by atoms with E-state index in [-0.39, 0.29) is 88.7 Å². The minimum absolute atomic E-state index is 0. The van der Waals surface area contributed by atoms with Gasteiger partial charge in [-0.25, -0.2) is 0 Å². The summed E-state index contributed by atoms with van der Waals surface area (Å²) < 4.78 is 90.5. The van der Waals surface area contributed by atoms with Crippen molar-refractivity contribution in [2.45, 2.75) is 6.92 Å². The Morgan fingerprint density at radius 2 is 1.05 bits per heavy atom. The third kappa shape index (κ3) is 131. The molecule has 2 N–H and O–H groups in total. The topological polar surface area (TPSA) is 238 Å². The van der Waals surface area contributed by atoms with Crippen LogP contribution in [0, 0.1) is 0 Å². The Balaban J connectivity index is -0.0000000410. The van der Waals surface area contributed by atoms with Crippen LogP contribution >= 0.6 is 0 Å². The van der Waals surface area contributed by atoms with Crippen LogP contribution in [-0.4, -0.2) is 23.5 Å². The first-order valence-corrected chi connectivity index (χ1v) is 8.50. The SMILES string of the molecule is CC(=O)[O-].O=S(=O)(O)O.[Na+].[Na+].[Na+].[O]=[Cr](=[O])([O-])[O][Cr](=[O])(=[O])[O-]. The summed E-state index contributed by atoms with van der Waals surface area (Å²) in [5.74, 6) is -1.08. The van der Waals surface area contributed by atoms with Crippen molar-refractivity contribution in [2.75, 3.05) is 0 Å². The van der Waals surface area contributed by atoms with Crippen LogP contribution < -0.4 is 102 Å². The summed E-state index contributed by atoms with van der Waals surface area (Å²) >= 11 is -12.1. The van der Waals surface area contributed by atoms with Crippen LogP contribution in [0.5, 0.6) is 0 Å². The van der Waals surface area contributed by atoms with Crippen LogP contribution in [0.4, 0.5) is 0 Å². The van der Waals surface area contributed by atoms with Gasteiger partial charge >= 0.3 is 153 Å². The van der Waals surface area contributed by atoms with Crippen molar-refractivity contribution in [3.05, 3.63) is 0 Å². The van der Waals surface area contributed by atoms with Gasteiger partial charge in [0, 0.05) is 5.97 Å². The molecule has 0 aliphatic rings. The summed E-state index contributed by atoms with van der Waals surface area (Å²) in [6.45, 7) is 0.972. The molecule has 0 radical (unpaired) electrons. The Kier molecular flexibility index (Phi) is 32.0. The summed E-state index contributed by atoms with van der Waals surface area (Å²) in [4.78, 5) is 8.89. The molecule has 0 rings (SSSR count). The van der Waals surface area contributed by atoms with Gasteiger partial charge in [-0.15, -0.1) is 0 Å². The van der Waals surface area contributed by atoms with Crippen molar-refractivity contribution < 1.29 is 170 Å². The molecule has 19 heteroatoms. The molecule has 13 nitrogen and oxygen atoms in total. The molecule has 21 heavy (non-hydrogen) atoms. The van der Waals surface area contributed by atoms with Gasteiger partial charge in [0.05, 0.1) is 0 Å². The van der Waals surface area contributed by atoms with Crippen molar-refractivity contribution in [1.29, 1.82) is 0 Å².